The predicted octanol–water partition coefficient (Wildman–Crippen LogP) is 2.96. The van der Waals surface area contributed by atoms with Gasteiger partial charge in [-0.25, -0.2) is 9.34 Å². The van der Waals surface area contributed by atoms with Gasteiger partial charge in [-0.15, -0.1) is 0 Å². The second-order valence-corrected chi connectivity index (χ2v) is 8.32. The highest BCUT2D eigenvalue weighted by molar-refractivity contribution is 7.54. The SMILES string of the molecule is CC(OP(=O)(N1CC1)N1CC1)c1ccc([N+](=O)[O-])c2ccncc12. The van der Waals surface area contributed by atoms with Crippen LogP contribution in [0.1, 0.15) is 18.6 Å². The molecule has 126 valence electrons. The molecule has 0 amide bonds. The van der Waals surface area contributed by atoms with E-state index >= 15 is 0 Å². The molecule has 0 bridgehead atoms. The van der Waals surface area contributed by atoms with Gasteiger partial charge in [-0.05, 0) is 24.6 Å². The van der Waals surface area contributed by atoms with Gasteiger partial charge in [0.05, 0.1) is 16.4 Å². The highest BCUT2D eigenvalue weighted by atomic mass is 31.2. The number of rotatable bonds is 6. The molecule has 1 aromatic carbocycles. The average molecular weight is 348 g/mol. The topological polar surface area (TPSA) is 88.3 Å². The van der Waals surface area contributed by atoms with Crippen molar-refractivity contribution in [2.75, 3.05) is 26.2 Å². The largest absolute Gasteiger partial charge is 0.346 e. The summed E-state index contributed by atoms with van der Waals surface area (Å²) in [5.74, 6) is 0. The molecule has 1 aromatic heterocycles. The first kappa shape index (κ1) is 15.7. The van der Waals surface area contributed by atoms with Crippen LogP contribution in [-0.4, -0.2) is 45.4 Å². The van der Waals surface area contributed by atoms with Crippen LogP contribution >= 0.6 is 7.67 Å². The van der Waals surface area contributed by atoms with Crippen molar-refractivity contribution in [2.45, 2.75) is 13.0 Å². The molecule has 8 nitrogen and oxygen atoms in total. The number of hydrogen-bond donors (Lipinski definition) is 0. The van der Waals surface area contributed by atoms with Crippen molar-refractivity contribution >= 4 is 24.1 Å². The summed E-state index contributed by atoms with van der Waals surface area (Å²) in [6, 6.07) is 4.76. The van der Waals surface area contributed by atoms with Gasteiger partial charge in [-0.3, -0.25) is 24.2 Å². The van der Waals surface area contributed by atoms with Gasteiger partial charge >= 0.3 is 7.67 Å². The highest BCUT2D eigenvalue weighted by Crippen LogP contribution is 2.63. The van der Waals surface area contributed by atoms with Crippen molar-refractivity contribution in [2.24, 2.45) is 0 Å². The first-order chi connectivity index (χ1) is 11.5. The smallest absolute Gasteiger partial charge is 0.298 e. The minimum absolute atomic E-state index is 0.0309. The number of nitro groups is 1. The predicted molar refractivity (Wildman–Crippen MR) is 88.6 cm³/mol. The minimum Gasteiger partial charge on any atom is -0.298 e. The Morgan fingerprint density at radius 3 is 2.46 bits per heavy atom. The van der Waals surface area contributed by atoms with Crippen LogP contribution < -0.4 is 0 Å². The summed E-state index contributed by atoms with van der Waals surface area (Å²) in [7, 11) is -2.96. The molecule has 0 saturated carbocycles. The molecule has 0 aliphatic carbocycles. The number of aromatic nitrogens is 1. The van der Waals surface area contributed by atoms with E-state index in [9.17, 15) is 14.7 Å². The summed E-state index contributed by atoms with van der Waals surface area (Å²) in [6.07, 6.45) is 2.67. The molecule has 2 aliphatic rings. The lowest BCUT2D eigenvalue weighted by molar-refractivity contribution is -0.383. The van der Waals surface area contributed by atoms with Crippen LogP contribution in [0.4, 0.5) is 5.69 Å². The molecule has 0 radical (unpaired) electrons. The van der Waals surface area contributed by atoms with Crippen molar-refractivity contribution in [3.05, 3.63) is 46.3 Å². The third-order valence-corrected chi connectivity index (χ3v) is 7.14. The van der Waals surface area contributed by atoms with Crippen LogP contribution in [0.2, 0.25) is 0 Å². The summed E-state index contributed by atoms with van der Waals surface area (Å²) < 4.78 is 22.8. The Bertz CT molecular complexity index is 850. The molecule has 4 rings (SSSR count). The fraction of sp³-hybridized carbons (Fsp3) is 0.400. The van der Waals surface area contributed by atoms with Crippen molar-refractivity contribution in [1.82, 2.24) is 14.3 Å². The molecule has 0 N–H and O–H groups in total. The van der Waals surface area contributed by atoms with Gasteiger partial charge in [0.15, 0.2) is 0 Å². The first-order valence-corrected chi connectivity index (χ1v) is 9.34. The van der Waals surface area contributed by atoms with Gasteiger partial charge in [0.1, 0.15) is 0 Å². The normalized spacial score (nSPS) is 19.4. The zero-order valence-electron chi connectivity index (χ0n) is 13.2. The molecule has 2 saturated heterocycles. The lowest BCUT2D eigenvalue weighted by Gasteiger charge is -2.24. The van der Waals surface area contributed by atoms with E-state index in [0.29, 0.717) is 10.8 Å². The van der Waals surface area contributed by atoms with E-state index < -0.39 is 18.7 Å². The fourth-order valence-electron chi connectivity index (χ4n) is 2.88. The first-order valence-electron chi connectivity index (χ1n) is 7.81. The Morgan fingerprint density at radius 1 is 1.21 bits per heavy atom. The Hall–Kier alpha value is -1.86. The molecule has 9 heteroatoms. The van der Waals surface area contributed by atoms with Gasteiger partial charge in [0.25, 0.3) is 5.69 Å². The average Bonchev–Trinajstić information content (AvgIpc) is 3.44. The zero-order chi connectivity index (χ0) is 16.9. The van der Waals surface area contributed by atoms with Crippen molar-refractivity contribution in [1.29, 1.82) is 0 Å². The Kier molecular flexibility index (Phi) is 3.65. The fourth-order valence-corrected chi connectivity index (χ4v) is 5.22. The molecule has 24 heavy (non-hydrogen) atoms. The summed E-state index contributed by atoms with van der Waals surface area (Å²) in [4.78, 5) is 14.9. The maximum absolute atomic E-state index is 13.1. The Labute approximate surface area is 138 Å². The summed E-state index contributed by atoms with van der Waals surface area (Å²) in [5.41, 5.74) is 0.788. The standard InChI is InChI=1S/C15H17N4O4P/c1-11(23-24(22,17-6-7-17)18-8-9-18)12-2-3-15(19(20)21)13-4-5-16-10-14(12)13/h2-5,10-11H,6-9H2,1H3. The van der Waals surface area contributed by atoms with E-state index in [1.54, 1.807) is 18.3 Å². The molecule has 0 spiro atoms. The number of non-ortho nitro benzene ring substituents is 1. The van der Waals surface area contributed by atoms with Crippen molar-refractivity contribution in [3.63, 3.8) is 0 Å². The quantitative estimate of drug-likeness (QED) is 0.343. The Balaban J connectivity index is 1.72. The van der Waals surface area contributed by atoms with Crippen LogP contribution in [0.5, 0.6) is 0 Å². The third-order valence-electron chi connectivity index (χ3n) is 4.32. The number of hydrogen-bond acceptors (Lipinski definition) is 5. The molecule has 1 atom stereocenters. The molecule has 3 heterocycles. The molecular weight excluding hydrogens is 331 g/mol. The molecule has 2 aromatic rings. The monoisotopic (exact) mass is 348 g/mol. The van der Waals surface area contributed by atoms with E-state index in [1.165, 1.54) is 12.3 Å². The summed E-state index contributed by atoms with van der Waals surface area (Å²) >= 11 is 0. The Morgan fingerprint density at radius 2 is 1.88 bits per heavy atom. The van der Waals surface area contributed by atoms with Crippen LogP contribution in [-0.2, 0) is 9.09 Å². The van der Waals surface area contributed by atoms with Crippen LogP contribution in [0.15, 0.2) is 30.6 Å². The third kappa shape index (κ3) is 2.61. The maximum atomic E-state index is 13.1. The van der Waals surface area contributed by atoms with E-state index in [4.69, 9.17) is 4.52 Å². The molecular formula is C15H17N4O4P. The summed E-state index contributed by atoms with van der Waals surface area (Å²) in [6.45, 7) is 4.95. The van der Waals surface area contributed by atoms with Gasteiger partial charge in [-0.2, -0.15) is 0 Å². The maximum Gasteiger partial charge on any atom is 0.346 e. The lowest BCUT2D eigenvalue weighted by Crippen LogP contribution is -2.11. The number of benzene rings is 1. The lowest BCUT2D eigenvalue weighted by atomic mass is 10.0. The minimum atomic E-state index is -2.96. The van der Waals surface area contributed by atoms with Crippen LogP contribution in [0, 0.1) is 10.1 Å². The summed E-state index contributed by atoms with van der Waals surface area (Å²) in [5, 5.41) is 12.4. The van der Waals surface area contributed by atoms with Crippen LogP contribution in [0.3, 0.4) is 0 Å². The van der Waals surface area contributed by atoms with E-state index in [0.717, 1.165) is 31.7 Å². The zero-order valence-corrected chi connectivity index (χ0v) is 14.1. The van der Waals surface area contributed by atoms with Gasteiger partial charge < -0.3 is 0 Å². The van der Waals surface area contributed by atoms with E-state index in [-0.39, 0.29) is 5.69 Å². The number of pyridine rings is 1. The van der Waals surface area contributed by atoms with E-state index in [2.05, 4.69) is 4.98 Å². The number of nitrogens with zero attached hydrogens (tertiary/aromatic N) is 4. The van der Waals surface area contributed by atoms with Crippen molar-refractivity contribution < 1.29 is 14.0 Å². The van der Waals surface area contributed by atoms with Gasteiger partial charge in [0.2, 0.25) is 0 Å². The van der Waals surface area contributed by atoms with Crippen molar-refractivity contribution in [3.8, 4) is 0 Å². The second-order valence-electron chi connectivity index (χ2n) is 6.00. The van der Waals surface area contributed by atoms with E-state index in [1.807, 2.05) is 16.3 Å². The second kappa shape index (κ2) is 5.60. The number of fused-ring (bicyclic) bond motifs is 1. The van der Waals surface area contributed by atoms with Gasteiger partial charge in [0, 0.05) is 50.0 Å². The molecule has 1 unspecified atom stereocenters. The number of nitro benzene ring substituents is 1. The molecule has 2 aliphatic heterocycles. The molecule has 2 fully saturated rings. The van der Waals surface area contributed by atoms with Gasteiger partial charge in [-0.1, -0.05) is 0 Å². The van der Waals surface area contributed by atoms with Crippen LogP contribution in [0.25, 0.3) is 10.8 Å². The highest BCUT2D eigenvalue weighted by Gasteiger charge is 2.50.